The lowest BCUT2D eigenvalue weighted by molar-refractivity contribution is 0.367. The van der Waals surface area contributed by atoms with Crippen LogP contribution in [0.3, 0.4) is 0 Å². The number of hydrogen-bond donors (Lipinski definition) is 2. The molecule has 1 aromatic rings. The topological polar surface area (TPSA) is 38.0 Å². The van der Waals surface area contributed by atoms with Crippen molar-refractivity contribution >= 4 is 17.4 Å². The summed E-state index contributed by atoms with van der Waals surface area (Å²) in [6, 6.07) is 6.31. The summed E-state index contributed by atoms with van der Waals surface area (Å²) >= 11 is 1.91. The molecule has 2 nitrogen and oxygen atoms in total. The highest BCUT2D eigenvalue weighted by Crippen LogP contribution is 2.29. The normalized spacial score (nSPS) is 17.2. The summed E-state index contributed by atoms with van der Waals surface area (Å²) < 4.78 is 0. The van der Waals surface area contributed by atoms with Gasteiger partial charge in [-0.1, -0.05) is 12.1 Å². The minimum atomic E-state index is 0.912. The van der Waals surface area contributed by atoms with Gasteiger partial charge in [-0.25, -0.2) is 0 Å². The Kier molecular flexibility index (Phi) is 4.75. The Hall–Kier alpha value is -0.670. The molecule has 1 aliphatic rings. The molecule has 1 saturated heterocycles. The van der Waals surface area contributed by atoms with Gasteiger partial charge in [0.15, 0.2) is 0 Å². The lowest BCUT2D eigenvalue weighted by atomic mass is 9.96. The second kappa shape index (κ2) is 6.31. The van der Waals surface area contributed by atoms with E-state index in [1.807, 2.05) is 11.8 Å². The Labute approximate surface area is 108 Å². The van der Waals surface area contributed by atoms with Crippen molar-refractivity contribution in [1.29, 1.82) is 0 Å². The second-order valence-electron chi connectivity index (χ2n) is 4.82. The van der Waals surface area contributed by atoms with Crippen LogP contribution in [0.4, 0.5) is 5.69 Å². The van der Waals surface area contributed by atoms with Crippen LogP contribution in [0.1, 0.15) is 24.8 Å². The number of aryl methyl sites for hydroxylation is 1. The molecule has 17 heavy (non-hydrogen) atoms. The lowest BCUT2D eigenvalue weighted by Crippen LogP contribution is -2.27. The molecule has 0 radical (unpaired) electrons. The summed E-state index contributed by atoms with van der Waals surface area (Å²) in [4.78, 5) is 1.25. The summed E-state index contributed by atoms with van der Waals surface area (Å²) in [5.74, 6) is 2.10. The number of nitrogens with two attached hydrogens (primary N) is 1. The second-order valence-corrected chi connectivity index (χ2v) is 5.95. The van der Waals surface area contributed by atoms with Crippen molar-refractivity contribution in [2.45, 2.75) is 31.1 Å². The van der Waals surface area contributed by atoms with Crippen molar-refractivity contribution in [2.75, 3.05) is 24.6 Å². The van der Waals surface area contributed by atoms with Gasteiger partial charge >= 0.3 is 0 Å². The summed E-state index contributed by atoms with van der Waals surface area (Å²) in [7, 11) is 0. The van der Waals surface area contributed by atoms with Crippen LogP contribution in [-0.4, -0.2) is 18.8 Å². The van der Waals surface area contributed by atoms with Crippen LogP contribution < -0.4 is 11.1 Å². The van der Waals surface area contributed by atoms with Crippen LogP contribution in [0.2, 0.25) is 0 Å². The third kappa shape index (κ3) is 3.65. The SMILES string of the molecule is Cc1cccc(SCCC2CCNCC2)c1N. The molecule has 0 aliphatic carbocycles. The number of piperidine rings is 1. The number of rotatable bonds is 4. The van der Waals surface area contributed by atoms with E-state index in [9.17, 15) is 0 Å². The smallest absolute Gasteiger partial charge is 0.0481 e. The molecule has 0 aromatic heterocycles. The third-order valence-electron chi connectivity index (χ3n) is 3.53. The zero-order valence-corrected chi connectivity index (χ0v) is 11.4. The van der Waals surface area contributed by atoms with Crippen molar-refractivity contribution in [2.24, 2.45) is 5.92 Å². The van der Waals surface area contributed by atoms with Gasteiger partial charge in [-0.3, -0.25) is 0 Å². The van der Waals surface area contributed by atoms with Crippen LogP contribution in [0.5, 0.6) is 0 Å². The van der Waals surface area contributed by atoms with Crippen LogP contribution >= 0.6 is 11.8 Å². The predicted molar refractivity (Wildman–Crippen MR) is 76.5 cm³/mol. The van der Waals surface area contributed by atoms with E-state index in [1.54, 1.807) is 0 Å². The van der Waals surface area contributed by atoms with Gasteiger partial charge in [-0.15, -0.1) is 11.8 Å². The fraction of sp³-hybridized carbons (Fsp3) is 0.571. The molecule has 0 unspecified atom stereocenters. The number of anilines is 1. The van der Waals surface area contributed by atoms with Crippen LogP contribution in [0.15, 0.2) is 23.1 Å². The number of nitrogen functional groups attached to an aromatic ring is 1. The average molecular weight is 250 g/mol. The summed E-state index contributed by atoms with van der Waals surface area (Å²) in [5.41, 5.74) is 8.22. The largest absolute Gasteiger partial charge is 0.398 e. The zero-order valence-electron chi connectivity index (χ0n) is 10.5. The maximum atomic E-state index is 6.07. The molecule has 1 heterocycles. The molecule has 1 aliphatic heterocycles. The van der Waals surface area contributed by atoms with E-state index in [-0.39, 0.29) is 0 Å². The van der Waals surface area contributed by atoms with Gasteiger partial charge in [0.2, 0.25) is 0 Å². The fourth-order valence-electron chi connectivity index (χ4n) is 2.29. The van der Waals surface area contributed by atoms with Crippen molar-refractivity contribution in [3.63, 3.8) is 0 Å². The van der Waals surface area contributed by atoms with Crippen LogP contribution in [0, 0.1) is 12.8 Å². The van der Waals surface area contributed by atoms with Gasteiger partial charge in [-0.2, -0.15) is 0 Å². The standard InChI is InChI=1S/C14H22N2S/c1-11-3-2-4-13(14(11)15)17-10-7-12-5-8-16-9-6-12/h2-4,12,16H,5-10,15H2,1H3. The van der Waals surface area contributed by atoms with Crippen molar-refractivity contribution < 1.29 is 0 Å². The Bertz CT molecular complexity index is 359. The van der Waals surface area contributed by atoms with E-state index in [0.29, 0.717) is 0 Å². The monoisotopic (exact) mass is 250 g/mol. The Balaban J connectivity index is 1.79. The number of nitrogens with one attached hydrogen (secondary N) is 1. The van der Waals surface area contributed by atoms with E-state index in [0.717, 1.165) is 11.6 Å². The van der Waals surface area contributed by atoms with Crippen LogP contribution in [0.25, 0.3) is 0 Å². The van der Waals surface area contributed by atoms with Gasteiger partial charge in [0.25, 0.3) is 0 Å². The maximum absolute atomic E-state index is 6.07. The molecular weight excluding hydrogens is 228 g/mol. The molecule has 0 atom stereocenters. The highest BCUT2D eigenvalue weighted by atomic mass is 32.2. The Morgan fingerprint density at radius 1 is 1.35 bits per heavy atom. The van der Waals surface area contributed by atoms with E-state index < -0.39 is 0 Å². The van der Waals surface area contributed by atoms with E-state index in [4.69, 9.17) is 5.73 Å². The van der Waals surface area contributed by atoms with Gasteiger partial charge in [0, 0.05) is 10.6 Å². The third-order valence-corrected chi connectivity index (χ3v) is 4.63. The number of para-hydroxylation sites is 1. The fourth-order valence-corrected chi connectivity index (χ4v) is 3.45. The molecule has 0 saturated carbocycles. The molecule has 94 valence electrons. The first kappa shape index (κ1) is 12.8. The Morgan fingerprint density at radius 3 is 2.88 bits per heavy atom. The van der Waals surface area contributed by atoms with Crippen molar-refractivity contribution in [3.05, 3.63) is 23.8 Å². The highest BCUT2D eigenvalue weighted by molar-refractivity contribution is 7.99. The number of thioether (sulfide) groups is 1. The zero-order chi connectivity index (χ0) is 12.1. The van der Waals surface area contributed by atoms with Gasteiger partial charge < -0.3 is 11.1 Å². The summed E-state index contributed by atoms with van der Waals surface area (Å²) in [5, 5.41) is 3.41. The van der Waals surface area contributed by atoms with E-state index in [1.165, 1.54) is 48.6 Å². The lowest BCUT2D eigenvalue weighted by Gasteiger charge is -2.22. The molecule has 1 fully saturated rings. The molecule has 2 rings (SSSR count). The summed E-state index contributed by atoms with van der Waals surface area (Å²) in [6.07, 6.45) is 3.99. The molecule has 0 bridgehead atoms. The first-order valence-electron chi connectivity index (χ1n) is 6.46. The molecule has 1 aromatic carbocycles. The first-order chi connectivity index (χ1) is 8.27. The molecule has 3 heteroatoms. The minimum absolute atomic E-state index is 0.912. The quantitative estimate of drug-likeness (QED) is 0.637. The Morgan fingerprint density at radius 2 is 2.12 bits per heavy atom. The number of benzene rings is 1. The van der Waals surface area contributed by atoms with E-state index >= 15 is 0 Å². The molecule has 0 spiro atoms. The number of hydrogen-bond acceptors (Lipinski definition) is 3. The molecule has 0 amide bonds. The van der Waals surface area contributed by atoms with Crippen LogP contribution in [-0.2, 0) is 0 Å². The summed E-state index contributed by atoms with van der Waals surface area (Å²) in [6.45, 7) is 4.47. The highest BCUT2D eigenvalue weighted by Gasteiger charge is 2.12. The van der Waals surface area contributed by atoms with Crippen molar-refractivity contribution in [1.82, 2.24) is 5.32 Å². The van der Waals surface area contributed by atoms with Crippen molar-refractivity contribution in [3.8, 4) is 0 Å². The first-order valence-corrected chi connectivity index (χ1v) is 7.44. The average Bonchev–Trinajstić information content (AvgIpc) is 2.36. The van der Waals surface area contributed by atoms with E-state index in [2.05, 4.69) is 30.4 Å². The molecule has 3 N–H and O–H groups in total. The van der Waals surface area contributed by atoms with Gasteiger partial charge in [0.1, 0.15) is 0 Å². The maximum Gasteiger partial charge on any atom is 0.0481 e. The minimum Gasteiger partial charge on any atom is -0.398 e. The van der Waals surface area contributed by atoms with Gasteiger partial charge in [-0.05, 0) is 62.6 Å². The molecular formula is C14H22N2S. The van der Waals surface area contributed by atoms with Gasteiger partial charge in [0.05, 0.1) is 0 Å². The predicted octanol–water partition coefficient (Wildman–Crippen LogP) is 3.06.